The van der Waals surface area contributed by atoms with Gasteiger partial charge in [0, 0.05) is 13.1 Å². The minimum Gasteiger partial charge on any atom is -0.479 e. The van der Waals surface area contributed by atoms with Gasteiger partial charge in [0.05, 0.1) is 5.02 Å². The third kappa shape index (κ3) is 5.55. The van der Waals surface area contributed by atoms with Crippen LogP contribution in [0.1, 0.15) is 25.3 Å². The van der Waals surface area contributed by atoms with Crippen LogP contribution < -0.4 is 10.1 Å². The summed E-state index contributed by atoms with van der Waals surface area (Å²) in [6.07, 6.45) is 1.58. The summed E-state index contributed by atoms with van der Waals surface area (Å²) in [7, 11) is 1.97. The van der Waals surface area contributed by atoms with Gasteiger partial charge in [-0.15, -0.1) is 12.4 Å². The van der Waals surface area contributed by atoms with E-state index in [0.29, 0.717) is 16.7 Å². The van der Waals surface area contributed by atoms with Gasteiger partial charge in [-0.05, 0) is 63.9 Å². The van der Waals surface area contributed by atoms with E-state index in [1.54, 1.807) is 13.0 Å². The molecule has 0 saturated carbocycles. The molecule has 0 aromatic heterocycles. The van der Waals surface area contributed by atoms with E-state index in [-0.39, 0.29) is 18.3 Å². The van der Waals surface area contributed by atoms with Crippen LogP contribution >= 0.6 is 24.0 Å². The predicted molar refractivity (Wildman–Crippen MR) is 96.8 cm³/mol. The molecule has 1 aromatic rings. The molecule has 1 aliphatic rings. The largest absolute Gasteiger partial charge is 0.479 e. The second-order valence-electron chi connectivity index (χ2n) is 6.02. The molecule has 0 radical (unpaired) electrons. The fourth-order valence-electron chi connectivity index (χ4n) is 2.85. The second-order valence-corrected chi connectivity index (χ2v) is 6.43. The molecule has 1 fully saturated rings. The van der Waals surface area contributed by atoms with Crippen molar-refractivity contribution >= 4 is 29.9 Å². The predicted octanol–water partition coefficient (Wildman–Crippen LogP) is 3.30. The third-order valence-electron chi connectivity index (χ3n) is 4.16. The Morgan fingerprint density at radius 2 is 2.09 bits per heavy atom. The fourth-order valence-corrected chi connectivity index (χ4v) is 3.01. The number of hydrogen-bond donors (Lipinski definition) is 1. The number of nitrogens with zero attached hydrogens (tertiary/aromatic N) is 1. The Morgan fingerprint density at radius 1 is 1.43 bits per heavy atom. The molecule has 0 bridgehead atoms. The first kappa shape index (κ1) is 20.1. The molecular weight excluding hydrogens is 335 g/mol. The summed E-state index contributed by atoms with van der Waals surface area (Å²) in [6, 6.07) is 5.59. The summed E-state index contributed by atoms with van der Waals surface area (Å²) >= 11 is 6.13. The molecule has 1 unspecified atom stereocenters. The van der Waals surface area contributed by atoms with Crippen LogP contribution in [0, 0.1) is 12.8 Å². The van der Waals surface area contributed by atoms with E-state index >= 15 is 0 Å². The Morgan fingerprint density at radius 3 is 2.70 bits per heavy atom. The van der Waals surface area contributed by atoms with Crippen LogP contribution in [0.5, 0.6) is 5.75 Å². The van der Waals surface area contributed by atoms with Crippen molar-refractivity contribution in [3.63, 3.8) is 0 Å². The maximum Gasteiger partial charge on any atom is 0.263 e. The number of nitrogens with one attached hydrogen (secondary N) is 1. The molecule has 4 nitrogen and oxygen atoms in total. The highest BCUT2D eigenvalue weighted by molar-refractivity contribution is 6.32. The molecule has 1 saturated heterocycles. The zero-order valence-corrected chi connectivity index (χ0v) is 15.5. The summed E-state index contributed by atoms with van der Waals surface area (Å²) in [5.41, 5.74) is 1.06. The molecule has 1 amide bonds. The van der Waals surface area contributed by atoms with Crippen LogP contribution in [0.15, 0.2) is 18.2 Å². The van der Waals surface area contributed by atoms with Crippen LogP contribution in [-0.2, 0) is 4.79 Å². The number of rotatable bonds is 5. The van der Waals surface area contributed by atoms with E-state index in [4.69, 9.17) is 16.3 Å². The monoisotopic (exact) mass is 360 g/mol. The number of amides is 1. The van der Waals surface area contributed by atoms with Gasteiger partial charge in [-0.3, -0.25) is 4.79 Å². The van der Waals surface area contributed by atoms with Crippen molar-refractivity contribution < 1.29 is 9.53 Å². The third-order valence-corrected chi connectivity index (χ3v) is 4.47. The van der Waals surface area contributed by atoms with Crippen LogP contribution in [0.25, 0.3) is 0 Å². The van der Waals surface area contributed by atoms with Gasteiger partial charge in [0.25, 0.3) is 5.91 Å². The lowest BCUT2D eigenvalue weighted by Gasteiger charge is -2.33. The SMILES string of the molecule is CNCC1CCN(C(=O)C(C)Oc2cc(C)ccc2Cl)CC1.Cl. The highest BCUT2D eigenvalue weighted by atomic mass is 35.5. The zero-order chi connectivity index (χ0) is 16.1. The summed E-state index contributed by atoms with van der Waals surface area (Å²) in [4.78, 5) is 14.4. The van der Waals surface area contributed by atoms with Gasteiger partial charge in [0.1, 0.15) is 5.75 Å². The number of carbonyl (C=O) groups is 1. The summed E-state index contributed by atoms with van der Waals surface area (Å²) in [5.74, 6) is 1.28. The minimum atomic E-state index is -0.514. The van der Waals surface area contributed by atoms with E-state index in [1.165, 1.54) is 0 Å². The van der Waals surface area contributed by atoms with Crippen LogP contribution in [-0.4, -0.2) is 43.6 Å². The molecule has 0 spiro atoms. The van der Waals surface area contributed by atoms with E-state index in [0.717, 1.165) is 38.0 Å². The van der Waals surface area contributed by atoms with Crippen molar-refractivity contribution in [2.24, 2.45) is 5.92 Å². The van der Waals surface area contributed by atoms with Crippen molar-refractivity contribution in [1.29, 1.82) is 0 Å². The average molecular weight is 361 g/mol. The number of benzene rings is 1. The summed E-state index contributed by atoms with van der Waals surface area (Å²) in [6.45, 7) is 6.40. The fraction of sp³-hybridized carbons (Fsp3) is 0.588. The Labute approximate surface area is 149 Å². The van der Waals surface area contributed by atoms with Gasteiger partial charge in [-0.2, -0.15) is 0 Å². The van der Waals surface area contributed by atoms with Gasteiger partial charge in [-0.1, -0.05) is 17.7 Å². The van der Waals surface area contributed by atoms with Gasteiger partial charge in [-0.25, -0.2) is 0 Å². The molecule has 6 heteroatoms. The number of likely N-dealkylation sites (tertiary alicyclic amines) is 1. The second kappa shape index (κ2) is 9.36. The Kier molecular flexibility index (Phi) is 8.17. The number of piperidine rings is 1. The molecule has 23 heavy (non-hydrogen) atoms. The van der Waals surface area contributed by atoms with E-state index in [2.05, 4.69) is 5.32 Å². The average Bonchev–Trinajstić information content (AvgIpc) is 2.51. The Balaban J connectivity index is 0.00000264. The van der Waals surface area contributed by atoms with Crippen LogP contribution in [0.4, 0.5) is 0 Å². The molecule has 1 atom stereocenters. The number of ether oxygens (including phenoxy) is 1. The molecule has 130 valence electrons. The van der Waals surface area contributed by atoms with Crippen LogP contribution in [0.2, 0.25) is 5.02 Å². The van der Waals surface area contributed by atoms with Crippen molar-refractivity contribution in [2.45, 2.75) is 32.8 Å². The first-order valence-electron chi connectivity index (χ1n) is 7.87. The van der Waals surface area contributed by atoms with Gasteiger partial charge >= 0.3 is 0 Å². The van der Waals surface area contributed by atoms with E-state index < -0.39 is 6.10 Å². The Bertz CT molecular complexity index is 517. The molecule has 0 aliphatic carbocycles. The highest BCUT2D eigenvalue weighted by Crippen LogP contribution is 2.27. The first-order valence-corrected chi connectivity index (χ1v) is 8.25. The zero-order valence-electron chi connectivity index (χ0n) is 14.0. The smallest absolute Gasteiger partial charge is 0.263 e. The maximum atomic E-state index is 12.5. The van der Waals surface area contributed by atoms with Gasteiger partial charge in [0.2, 0.25) is 0 Å². The Hall–Kier alpha value is -0.970. The van der Waals surface area contributed by atoms with Crippen molar-refractivity contribution in [3.05, 3.63) is 28.8 Å². The first-order chi connectivity index (χ1) is 10.5. The topological polar surface area (TPSA) is 41.6 Å². The van der Waals surface area contributed by atoms with Crippen molar-refractivity contribution in [1.82, 2.24) is 10.2 Å². The molecule has 1 aliphatic heterocycles. The molecular formula is C17H26Cl2N2O2. The van der Waals surface area contributed by atoms with Crippen LogP contribution in [0.3, 0.4) is 0 Å². The van der Waals surface area contributed by atoms with Gasteiger partial charge < -0.3 is 15.0 Å². The molecule has 1 heterocycles. The quantitative estimate of drug-likeness (QED) is 0.875. The van der Waals surface area contributed by atoms with E-state index in [1.807, 2.05) is 31.0 Å². The number of hydrogen-bond acceptors (Lipinski definition) is 3. The number of halogens is 2. The maximum absolute atomic E-state index is 12.5. The lowest BCUT2D eigenvalue weighted by atomic mass is 9.96. The number of aryl methyl sites for hydroxylation is 1. The molecule has 2 rings (SSSR count). The standard InChI is InChI=1S/C17H25ClN2O2.ClH/c1-12-4-5-15(18)16(10-12)22-13(2)17(21)20-8-6-14(7-9-20)11-19-3;/h4-5,10,13-14,19H,6-9,11H2,1-3H3;1H. The normalized spacial score (nSPS) is 16.6. The van der Waals surface area contributed by atoms with Crippen molar-refractivity contribution in [2.75, 3.05) is 26.7 Å². The molecule has 1 N–H and O–H groups in total. The summed E-state index contributed by atoms with van der Waals surface area (Å²) < 4.78 is 5.78. The lowest BCUT2D eigenvalue weighted by Crippen LogP contribution is -2.45. The van der Waals surface area contributed by atoms with Crippen molar-refractivity contribution in [3.8, 4) is 5.75 Å². The minimum absolute atomic E-state index is 0. The van der Waals surface area contributed by atoms with Gasteiger partial charge in [0.15, 0.2) is 6.10 Å². The molecule has 1 aromatic carbocycles. The summed E-state index contributed by atoms with van der Waals surface area (Å²) in [5, 5.41) is 3.75. The lowest BCUT2D eigenvalue weighted by molar-refractivity contribution is -0.139. The highest BCUT2D eigenvalue weighted by Gasteiger charge is 2.27. The number of carbonyl (C=O) groups excluding carboxylic acids is 1. The van der Waals surface area contributed by atoms with E-state index in [9.17, 15) is 4.79 Å².